The van der Waals surface area contributed by atoms with E-state index >= 15 is 0 Å². The molecule has 0 unspecified atom stereocenters. The van der Waals surface area contributed by atoms with Crippen molar-refractivity contribution in [3.8, 4) is 5.75 Å². The minimum Gasteiger partial charge on any atom is -0.497 e. The second-order valence-electron chi connectivity index (χ2n) is 11.4. The number of rotatable bonds is 11. The van der Waals surface area contributed by atoms with Gasteiger partial charge in [-0.3, -0.25) is 0 Å². The Morgan fingerprint density at radius 1 is 0.780 bits per heavy atom. The van der Waals surface area contributed by atoms with Gasteiger partial charge >= 0.3 is 0 Å². The molecule has 0 saturated carbocycles. The number of hydrogen-bond donors (Lipinski definition) is 0. The molecule has 1 aliphatic heterocycles. The first-order valence-electron chi connectivity index (χ1n) is 14.3. The highest BCUT2D eigenvalue weighted by atomic mass is 32.2. The Labute approximate surface area is 250 Å². The van der Waals surface area contributed by atoms with Crippen LogP contribution in [0.5, 0.6) is 5.75 Å². The first-order chi connectivity index (χ1) is 19.9. The van der Waals surface area contributed by atoms with Crippen LogP contribution < -0.4 is 15.1 Å². The van der Waals surface area contributed by atoms with Gasteiger partial charge in [0.25, 0.3) is 8.32 Å². The average Bonchev–Trinajstić information content (AvgIpc) is 3.38. The predicted octanol–water partition coefficient (Wildman–Crippen LogP) is 7.06. The summed E-state index contributed by atoms with van der Waals surface area (Å²) in [5, 5.41) is 2.43. The first-order valence-corrected chi connectivity index (χ1v) is 17.0. The highest BCUT2D eigenvalue weighted by Crippen LogP contribution is 2.39. The molecule has 1 heterocycles. The van der Waals surface area contributed by atoms with E-state index in [1.54, 1.807) is 18.9 Å². The van der Waals surface area contributed by atoms with Gasteiger partial charge in [0.2, 0.25) is 0 Å². The zero-order valence-corrected chi connectivity index (χ0v) is 26.2. The van der Waals surface area contributed by atoms with E-state index in [1.807, 2.05) is 18.2 Å². The second-order valence-corrected chi connectivity index (χ2v) is 17.0. The van der Waals surface area contributed by atoms with Gasteiger partial charge in [-0.1, -0.05) is 124 Å². The number of ether oxygens (including phenoxy) is 3. The summed E-state index contributed by atoms with van der Waals surface area (Å²) in [5.41, 5.74) is 1.10. The molecular formula is C35H40O4SSi. The maximum absolute atomic E-state index is 7.27. The molecule has 1 fully saturated rings. The van der Waals surface area contributed by atoms with Crippen LogP contribution in [0.25, 0.3) is 0 Å². The van der Waals surface area contributed by atoms with Gasteiger partial charge in [-0.2, -0.15) is 0 Å². The van der Waals surface area contributed by atoms with Crippen molar-refractivity contribution in [2.24, 2.45) is 0 Å². The molecule has 0 radical (unpaired) electrons. The first kappa shape index (κ1) is 29.6. The molecule has 6 heteroatoms. The highest BCUT2D eigenvalue weighted by molar-refractivity contribution is 7.99. The third kappa shape index (κ3) is 6.96. The Morgan fingerprint density at radius 3 is 1.88 bits per heavy atom. The van der Waals surface area contributed by atoms with E-state index in [4.69, 9.17) is 18.6 Å². The molecule has 1 saturated heterocycles. The number of methoxy groups -OCH3 is 1. The maximum atomic E-state index is 7.27. The highest BCUT2D eigenvalue weighted by Gasteiger charge is 2.51. The zero-order valence-electron chi connectivity index (χ0n) is 24.4. The Morgan fingerprint density at radius 2 is 1.34 bits per heavy atom. The van der Waals surface area contributed by atoms with Crippen molar-refractivity contribution >= 4 is 30.5 Å². The van der Waals surface area contributed by atoms with E-state index < -0.39 is 8.32 Å². The normalized spacial score (nSPS) is 19.3. The van der Waals surface area contributed by atoms with Crippen molar-refractivity contribution in [3.05, 3.63) is 121 Å². The van der Waals surface area contributed by atoms with E-state index in [2.05, 4.69) is 118 Å². The van der Waals surface area contributed by atoms with Crippen LogP contribution in [0.1, 0.15) is 32.8 Å². The third-order valence-electron chi connectivity index (χ3n) is 7.68. The lowest BCUT2D eigenvalue weighted by molar-refractivity contribution is -0.0395. The Kier molecular flexibility index (Phi) is 9.68. The molecule has 0 aliphatic carbocycles. The molecule has 214 valence electrons. The largest absolute Gasteiger partial charge is 0.497 e. The molecule has 0 amide bonds. The van der Waals surface area contributed by atoms with Gasteiger partial charge in [0.05, 0.1) is 26.4 Å². The Hall–Kier alpha value is -2.87. The van der Waals surface area contributed by atoms with E-state index in [9.17, 15) is 0 Å². The Bertz CT molecular complexity index is 1300. The summed E-state index contributed by atoms with van der Waals surface area (Å²) < 4.78 is 25.9. The molecule has 0 bridgehead atoms. The zero-order chi connectivity index (χ0) is 28.7. The summed E-state index contributed by atoms with van der Waals surface area (Å²) in [7, 11) is -1.01. The lowest BCUT2D eigenvalue weighted by atomic mass is 10.2. The van der Waals surface area contributed by atoms with E-state index in [0.717, 1.165) is 17.7 Å². The molecule has 4 aromatic carbocycles. The van der Waals surface area contributed by atoms with Crippen molar-refractivity contribution in [2.45, 2.75) is 61.4 Å². The third-order valence-corrected chi connectivity index (χ3v) is 13.8. The number of thioether (sulfide) groups is 1. The monoisotopic (exact) mass is 584 g/mol. The quantitative estimate of drug-likeness (QED) is 0.176. The molecule has 41 heavy (non-hydrogen) atoms. The van der Waals surface area contributed by atoms with Gasteiger partial charge in [-0.15, -0.1) is 0 Å². The van der Waals surface area contributed by atoms with Crippen LogP contribution in [0.15, 0.2) is 120 Å². The smallest absolute Gasteiger partial charge is 0.261 e. The van der Waals surface area contributed by atoms with Crippen molar-refractivity contribution < 1.29 is 18.6 Å². The number of benzene rings is 4. The average molecular weight is 585 g/mol. The predicted molar refractivity (Wildman–Crippen MR) is 171 cm³/mol. The van der Waals surface area contributed by atoms with Crippen molar-refractivity contribution in [1.82, 2.24) is 0 Å². The SMILES string of the molecule is COc1ccc(CO[C@H]2C[C@@H](Sc3ccccc3)O[C@@H]2CO[Si](c2ccccc2)(c2ccccc2)C(C)(C)C)cc1. The molecule has 0 aromatic heterocycles. The fraction of sp³-hybridized carbons (Fsp3) is 0.314. The fourth-order valence-corrected chi connectivity index (χ4v) is 11.3. The van der Waals surface area contributed by atoms with Crippen LogP contribution in [0.4, 0.5) is 0 Å². The van der Waals surface area contributed by atoms with Crippen LogP contribution in [0.3, 0.4) is 0 Å². The van der Waals surface area contributed by atoms with Crippen molar-refractivity contribution in [3.63, 3.8) is 0 Å². The van der Waals surface area contributed by atoms with Gasteiger partial charge in [0, 0.05) is 11.3 Å². The van der Waals surface area contributed by atoms with Gasteiger partial charge in [-0.05, 0) is 45.2 Å². The molecule has 4 aromatic rings. The van der Waals surface area contributed by atoms with E-state index in [0.29, 0.717) is 13.2 Å². The van der Waals surface area contributed by atoms with Gasteiger partial charge in [-0.25, -0.2) is 0 Å². The molecule has 5 rings (SSSR count). The van der Waals surface area contributed by atoms with Gasteiger partial charge in [0.1, 0.15) is 17.3 Å². The van der Waals surface area contributed by atoms with Crippen LogP contribution in [-0.2, 0) is 20.5 Å². The fourth-order valence-electron chi connectivity index (χ4n) is 5.62. The van der Waals surface area contributed by atoms with Gasteiger partial charge < -0.3 is 18.6 Å². The summed E-state index contributed by atoms with van der Waals surface area (Å²) in [6.45, 7) is 7.89. The van der Waals surface area contributed by atoms with Gasteiger partial charge in [0.15, 0.2) is 0 Å². The minimum absolute atomic E-state index is 0.00831. The minimum atomic E-state index is -2.70. The van der Waals surface area contributed by atoms with Crippen LogP contribution >= 0.6 is 11.8 Å². The standard InChI is InChI=1S/C35H40O4SSi/c1-35(2,3)41(30-16-10-6-11-17-30,31-18-12-7-13-19-31)38-26-33-32(37-25-27-20-22-28(36-4)23-21-27)24-34(39-33)40-29-14-8-5-9-15-29/h5-23,32-34H,24-26H2,1-4H3/t32-,33+,34+/m0/s1. The number of hydrogen-bond acceptors (Lipinski definition) is 5. The summed E-state index contributed by atoms with van der Waals surface area (Å²) in [6, 6.07) is 40.0. The summed E-state index contributed by atoms with van der Waals surface area (Å²) >= 11 is 1.75. The van der Waals surface area contributed by atoms with E-state index in [-0.39, 0.29) is 22.7 Å². The summed E-state index contributed by atoms with van der Waals surface area (Å²) in [6.07, 6.45) is 0.525. The van der Waals surface area contributed by atoms with Crippen molar-refractivity contribution in [2.75, 3.05) is 13.7 Å². The van der Waals surface area contributed by atoms with Crippen LogP contribution in [0.2, 0.25) is 5.04 Å². The lowest BCUT2D eigenvalue weighted by Crippen LogP contribution is -2.67. The molecule has 1 aliphatic rings. The molecule has 0 spiro atoms. The van der Waals surface area contributed by atoms with Crippen molar-refractivity contribution in [1.29, 1.82) is 0 Å². The maximum Gasteiger partial charge on any atom is 0.261 e. The lowest BCUT2D eigenvalue weighted by Gasteiger charge is -2.43. The molecule has 0 N–H and O–H groups in total. The summed E-state index contributed by atoms with van der Waals surface area (Å²) in [4.78, 5) is 1.19. The molecular weight excluding hydrogens is 545 g/mol. The molecule has 3 atom stereocenters. The Balaban J connectivity index is 1.40. The van der Waals surface area contributed by atoms with Crippen LogP contribution in [-0.4, -0.2) is 39.7 Å². The topological polar surface area (TPSA) is 36.9 Å². The summed E-state index contributed by atoms with van der Waals surface area (Å²) in [5.74, 6) is 0.842. The molecule has 4 nitrogen and oxygen atoms in total. The van der Waals surface area contributed by atoms with Crippen LogP contribution in [0, 0.1) is 0 Å². The second kappa shape index (κ2) is 13.4. The van der Waals surface area contributed by atoms with E-state index in [1.165, 1.54) is 15.3 Å².